The van der Waals surface area contributed by atoms with Crippen LogP contribution in [0.1, 0.15) is 11.1 Å². The number of ether oxygens (including phenoxy) is 1. The number of carbonyl (C=O) groups is 1. The molecule has 0 unspecified atom stereocenters. The third kappa shape index (κ3) is 7.77. The number of benzene rings is 2. The summed E-state index contributed by atoms with van der Waals surface area (Å²) in [5.41, 5.74) is 2.18. The summed E-state index contributed by atoms with van der Waals surface area (Å²) in [6.45, 7) is 5.24. The van der Waals surface area contributed by atoms with E-state index in [-0.39, 0.29) is 30.7 Å². The van der Waals surface area contributed by atoms with Crippen LogP contribution in [0.5, 0.6) is 5.75 Å². The molecule has 2 N–H and O–H groups in total. The first-order chi connectivity index (χ1) is 12.3. The van der Waals surface area contributed by atoms with Crippen LogP contribution in [0, 0.1) is 0 Å². The lowest BCUT2D eigenvalue weighted by Gasteiger charge is -2.26. The Balaban J connectivity index is 0.00000182. The smallest absolute Gasteiger partial charge is 0.234 e. The Kier molecular flexibility index (Phi) is 10.8. The van der Waals surface area contributed by atoms with Gasteiger partial charge < -0.3 is 15.4 Å². The third-order valence-corrected chi connectivity index (χ3v) is 4.31. The van der Waals surface area contributed by atoms with Crippen molar-refractivity contribution in [3.05, 3.63) is 65.7 Å². The summed E-state index contributed by atoms with van der Waals surface area (Å²) in [6, 6.07) is 17.8. The summed E-state index contributed by atoms with van der Waals surface area (Å²) in [5, 5.41) is 6.32. The molecule has 3 rings (SSSR count). The van der Waals surface area contributed by atoms with E-state index in [0.29, 0.717) is 19.7 Å². The normalized spacial score (nSPS) is 13.8. The SMILES string of the molecule is Cl.Cl.O=C(CN1CCNCC1)NCc1ccccc1COc1ccccc1. The minimum atomic E-state index is 0. The van der Waals surface area contributed by atoms with Crippen molar-refractivity contribution in [3.8, 4) is 5.75 Å². The molecule has 1 aliphatic heterocycles. The van der Waals surface area contributed by atoms with Crippen molar-refractivity contribution in [2.75, 3.05) is 32.7 Å². The van der Waals surface area contributed by atoms with Crippen molar-refractivity contribution in [2.45, 2.75) is 13.2 Å². The van der Waals surface area contributed by atoms with Gasteiger partial charge in [0.1, 0.15) is 12.4 Å². The molecule has 0 atom stereocenters. The summed E-state index contributed by atoms with van der Waals surface area (Å²) in [5.74, 6) is 0.917. The molecule has 0 radical (unpaired) electrons. The average Bonchev–Trinajstić information content (AvgIpc) is 2.67. The Morgan fingerprint density at radius 2 is 1.59 bits per heavy atom. The first-order valence-electron chi connectivity index (χ1n) is 8.75. The number of carbonyl (C=O) groups excluding carboxylic acids is 1. The minimum absolute atomic E-state index is 0. The zero-order valence-electron chi connectivity index (χ0n) is 15.2. The summed E-state index contributed by atoms with van der Waals surface area (Å²) < 4.78 is 5.83. The van der Waals surface area contributed by atoms with E-state index in [1.165, 1.54) is 0 Å². The molecule has 0 aliphatic carbocycles. The Morgan fingerprint density at radius 3 is 2.30 bits per heavy atom. The van der Waals surface area contributed by atoms with E-state index < -0.39 is 0 Å². The molecule has 7 heteroatoms. The van der Waals surface area contributed by atoms with Gasteiger partial charge in [0.25, 0.3) is 0 Å². The van der Waals surface area contributed by atoms with E-state index in [0.717, 1.165) is 43.1 Å². The zero-order valence-corrected chi connectivity index (χ0v) is 16.9. The lowest BCUT2D eigenvalue weighted by atomic mass is 10.1. The van der Waals surface area contributed by atoms with Crippen molar-refractivity contribution in [1.82, 2.24) is 15.5 Å². The van der Waals surface area contributed by atoms with Gasteiger partial charge in [0, 0.05) is 32.7 Å². The Hall–Kier alpha value is -1.79. The van der Waals surface area contributed by atoms with Crippen molar-refractivity contribution < 1.29 is 9.53 Å². The number of hydrogen-bond donors (Lipinski definition) is 2. The fraction of sp³-hybridized carbons (Fsp3) is 0.350. The maximum absolute atomic E-state index is 12.2. The number of para-hydroxylation sites is 1. The van der Waals surface area contributed by atoms with Gasteiger partial charge in [-0.05, 0) is 23.3 Å². The highest BCUT2D eigenvalue weighted by atomic mass is 35.5. The predicted molar refractivity (Wildman–Crippen MR) is 113 cm³/mol. The highest BCUT2D eigenvalue weighted by Crippen LogP contribution is 2.14. The van der Waals surface area contributed by atoms with Crippen LogP contribution in [0.25, 0.3) is 0 Å². The summed E-state index contributed by atoms with van der Waals surface area (Å²) in [6.07, 6.45) is 0. The van der Waals surface area contributed by atoms with Crippen LogP contribution in [0.4, 0.5) is 0 Å². The molecule has 0 saturated carbocycles. The van der Waals surface area contributed by atoms with E-state index >= 15 is 0 Å². The second kappa shape index (κ2) is 12.6. The fourth-order valence-corrected chi connectivity index (χ4v) is 2.87. The fourth-order valence-electron chi connectivity index (χ4n) is 2.87. The van der Waals surface area contributed by atoms with Crippen molar-refractivity contribution >= 4 is 30.7 Å². The second-order valence-electron chi connectivity index (χ2n) is 6.17. The van der Waals surface area contributed by atoms with Crippen LogP contribution in [0.3, 0.4) is 0 Å². The Morgan fingerprint density at radius 1 is 0.963 bits per heavy atom. The van der Waals surface area contributed by atoms with Crippen LogP contribution in [0.15, 0.2) is 54.6 Å². The van der Waals surface area contributed by atoms with Gasteiger partial charge in [0.05, 0.1) is 6.54 Å². The van der Waals surface area contributed by atoms with Crippen molar-refractivity contribution in [3.63, 3.8) is 0 Å². The molecular weight excluding hydrogens is 385 g/mol. The number of piperazine rings is 1. The molecule has 148 valence electrons. The maximum Gasteiger partial charge on any atom is 0.234 e. The van der Waals surface area contributed by atoms with Crippen LogP contribution in [-0.2, 0) is 17.9 Å². The van der Waals surface area contributed by atoms with E-state index in [4.69, 9.17) is 4.74 Å². The molecule has 1 heterocycles. The maximum atomic E-state index is 12.2. The number of rotatable bonds is 7. The highest BCUT2D eigenvalue weighted by molar-refractivity contribution is 5.85. The van der Waals surface area contributed by atoms with E-state index in [9.17, 15) is 4.79 Å². The molecule has 1 aliphatic rings. The number of amides is 1. The molecule has 2 aromatic carbocycles. The van der Waals surface area contributed by atoms with Gasteiger partial charge in [-0.2, -0.15) is 0 Å². The minimum Gasteiger partial charge on any atom is -0.489 e. The molecular formula is C20H27Cl2N3O2. The van der Waals surface area contributed by atoms with Gasteiger partial charge in [0.15, 0.2) is 0 Å². The number of nitrogens with one attached hydrogen (secondary N) is 2. The lowest BCUT2D eigenvalue weighted by molar-refractivity contribution is -0.122. The number of nitrogens with zero attached hydrogens (tertiary/aromatic N) is 1. The van der Waals surface area contributed by atoms with E-state index in [2.05, 4.69) is 15.5 Å². The topological polar surface area (TPSA) is 53.6 Å². The van der Waals surface area contributed by atoms with Crippen LogP contribution >= 0.6 is 24.8 Å². The summed E-state index contributed by atoms with van der Waals surface area (Å²) in [7, 11) is 0. The van der Waals surface area contributed by atoms with Gasteiger partial charge >= 0.3 is 0 Å². The van der Waals surface area contributed by atoms with Crippen LogP contribution < -0.4 is 15.4 Å². The van der Waals surface area contributed by atoms with Gasteiger partial charge in [-0.15, -0.1) is 24.8 Å². The molecule has 0 aromatic heterocycles. The lowest BCUT2D eigenvalue weighted by Crippen LogP contribution is -2.47. The van der Waals surface area contributed by atoms with Gasteiger partial charge in [-0.25, -0.2) is 0 Å². The van der Waals surface area contributed by atoms with Gasteiger partial charge in [-0.3, -0.25) is 9.69 Å². The van der Waals surface area contributed by atoms with E-state index in [1.54, 1.807) is 0 Å². The molecule has 1 saturated heterocycles. The van der Waals surface area contributed by atoms with E-state index in [1.807, 2.05) is 54.6 Å². The van der Waals surface area contributed by atoms with Crippen LogP contribution in [0.2, 0.25) is 0 Å². The summed E-state index contributed by atoms with van der Waals surface area (Å²) >= 11 is 0. The third-order valence-electron chi connectivity index (χ3n) is 4.31. The Bertz CT molecular complexity index is 680. The highest BCUT2D eigenvalue weighted by Gasteiger charge is 2.13. The van der Waals surface area contributed by atoms with Gasteiger partial charge in [-0.1, -0.05) is 42.5 Å². The first-order valence-corrected chi connectivity index (χ1v) is 8.75. The molecule has 27 heavy (non-hydrogen) atoms. The molecule has 5 nitrogen and oxygen atoms in total. The molecule has 1 fully saturated rings. The second-order valence-corrected chi connectivity index (χ2v) is 6.17. The number of halogens is 2. The molecule has 0 spiro atoms. The van der Waals surface area contributed by atoms with Crippen LogP contribution in [-0.4, -0.2) is 43.5 Å². The van der Waals surface area contributed by atoms with Gasteiger partial charge in [0.2, 0.25) is 5.91 Å². The molecule has 2 aromatic rings. The monoisotopic (exact) mass is 411 g/mol. The first kappa shape index (κ1) is 23.2. The average molecular weight is 412 g/mol. The standard InChI is InChI=1S/C20H25N3O2.2ClH/c24-20(15-23-12-10-21-11-13-23)22-14-17-6-4-5-7-18(17)16-25-19-8-2-1-3-9-19;;/h1-9,21H,10-16H2,(H,22,24);2*1H. The predicted octanol–water partition coefficient (Wildman–Crippen LogP) is 2.63. The zero-order chi connectivity index (χ0) is 17.3. The quantitative estimate of drug-likeness (QED) is 0.734. The van der Waals surface area contributed by atoms with Crippen molar-refractivity contribution in [2.24, 2.45) is 0 Å². The summed E-state index contributed by atoms with van der Waals surface area (Å²) in [4.78, 5) is 14.3. The van der Waals surface area contributed by atoms with Crippen molar-refractivity contribution in [1.29, 1.82) is 0 Å². The largest absolute Gasteiger partial charge is 0.489 e. The molecule has 0 bridgehead atoms. The number of hydrogen-bond acceptors (Lipinski definition) is 4. The molecule has 1 amide bonds. The Labute approximate surface area is 173 Å².